The molecular formula is C25H36N4O3. The lowest BCUT2D eigenvalue weighted by Crippen LogP contribution is -2.53. The van der Waals surface area contributed by atoms with Gasteiger partial charge in [0, 0.05) is 19.6 Å². The summed E-state index contributed by atoms with van der Waals surface area (Å²) >= 11 is 0. The Morgan fingerprint density at radius 2 is 1.75 bits per heavy atom. The summed E-state index contributed by atoms with van der Waals surface area (Å²) in [4.78, 5) is 44.6. The van der Waals surface area contributed by atoms with Gasteiger partial charge in [-0.15, -0.1) is 0 Å². The number of hydrogen-bond donors (Lipinski definition) is 1. The Morgan fingerprint density at radius 1 is 1.09 bits per heavy atom. The standard InChI is InChI=1S/C25H36N4O3/c1-24(2,3)19-10-12-25(13-11-19)22(31)29(23(32)26-25)17-21(30)28-15-14-27(4)16-20(28)18-8-6-5-7-9-18/h5-9,19-20H,10-17H2,1-4H3,(H,26,32). The molecule has 4 rings (SSSR count). The predicted octanol–water partition coefficient (Wildman–Crippen LogP) is 3.03. The van der Waals surface area contributed by atoms with Gasteiger partial charge in [0.25, 0.3) is 5.91 Å². The van der Waals surface area contributed by atoms with Crippen molar-refractivity contribution in [3.63, 3.8) is 0 Å². The Balaban J connectivity index is 1.46. The predicted molar refractivity (Wildman–Crippen MR) is 123 cm³/mol. The average molecular weight is 441 g/mol. The molecule has 4 amide bonds. The molecule has 32 heavy (non-hydrogen) atoms. The molecule has 2 aliphatic heterocycles. The molecule has 3 fully saturated rings. The molecule has 7 nitrogen and oxygen atoms in total. The van der Waals surface area contributed by atoms with Crippen molar-refractivity contribution in [1.29, 1.82) is 0 Å². The number of amides is 4. The zero-order valence-corrected chi connectivity index (χ0v) is 19.8. The van der Waals surface area contributed by atoms with Crippen LogP contribution in [0.5, 0.6) is 0 Å². The molecule has 1 aromatic carbocycles. The largest absolute Gasteiger partial charge is 0.332 e. The number of piperazine rings is 1. The highest BCUT2D eigenvalue weighted by molar-refractivity contribution is 6.09. The normalized spacial score (nSPS) is 29.5. The molecule has 3 aliphatic rings. The third kappa shape index (κ3) is 4.27. The smallest absolute Gasteiger partial charge is 0.325 e. The van der Waals surface area contributed by atoms with Crippen LogP contribution in [0, 0.1) is 11.3 Å². The van der Waals surface area contributed by atoms with Crippen LogP contribution in [0.2, 0.25) is 0 Å². The minimum atomic E-state index is -0.833. The van der Waals surface area contributed by atoms with Gasteiger partial charge >= 0.3 is 6.03 Å². The van der Waals surface area contributed by atoms with E-state index in [0.29, 0.717) is 25.3 Å². The summed E-state index contributed by atoms with van der Waals surface area (Å²) in [6.45, 7) is 8.58. The molecule has 1 N–H and O–H groups in total. The van der Waals surface area contributed by atoms with E-state index in [-0.39, 0.29) is 29.8 Å². The first-order valence-electron chi connectivity index (χ1n) is 11.8. The van der Waals surface area contributed by atoms with Gasteiger partial charge < -0.3 is 15.1 Å². The van der Waals surface area contributed by atoms with Crippen molar-refractivity contribution in [2.24, 2.45) is 11.3 Å². The molecule has 1 spiro atoms. The van der Waals surface area contributed by atoms with Crippen LogP contribution in [0.15, 0.2) is 30.3 Å². The molecule has 2 heterocycles. The number of benzene rings is 1. The summed E-state index contributed by atoms with van der Waals surface area (Å²) in [6.07, 6.45) is 3.11. The van der Waals surface area contributed by atoms with Gasteiger partial charge in [0.2, 0.25) is 5.91 Å². The quantitative estimate of drug-likeness (QED) is 0.734. The van der Waals surface area contributed by atoms with Gasteiger partial charge in [-0.25, -0.2) is 4.79 Å². The van der Waals surface area contributed by atoms with Crippen LogP contribution in [0.4, 0.5) is 4.79 Å². The molecule has 7 heteroatoms. The summed E-state index contributed by atoms with van der Waals surface area (Å²) in [6, 6.07) is 9.45. The lowest BCUT2D eigenvalue weighted by Gasteiger charge is -2.41. The Kier molecular flexibility index (Phi) is 6.05. The topological polar surface area (TPSA) is 73.0 Å². The summed E-state index contributed by atoms with van der Waals surface area (Å²) in [7, 11) is 2.05. The zero-order valence-electron chi connectivity index (χ0n) is 19.8. The van der Waals surface area contributed by atoms with Crippen LogP contribution in [0.1, 0.15) is 58.1 Å². The highest BCUT2D eigenvalue weighted by Crippen LogP contribution is 2.43. The van der Waals surface area contributed by atoms with E-state index in [1.54, 1.807) is 0 Å². The lowest BCUT2D eigenvalue weighted by molar-refractivity contribution is -0.142. The van der Waals surface area contributed by atoms with Gasteiger partial charge in [0.05, 0.1) is 6.04 Å². The van der Waals surface area contributed by atoms with E-state index < -0.39 is 11.6 Å². The van der Waals surface area contributed by atoms with Crippen LogP contribution in [0.25, 0.3) is 0 Å². The molecule has 1 aromatic rings. The third-order valence-corrected chi connectivity index (χ3v) is 7.69. The lowest BCUT2D eigenvalue weighted by atomic mass is 9.67. The number of nitrogens with zero attached hydrogens (tertiary/aromatic N) is 3. The molecule has 0 bridgehead atoms. The maximum atomic E-state index is 13.3. The number of carbonyl (C=O) groups excluding carboxylic acids is 3. The summed E-state index contributed by atoms with van der Waals surface area (Å²) in [5.41, 5.74) is 0.429. The SMILES string of the molecule is CN1CCN(C(=O)CN2C(=O)NC3(CCC(C(C)(C)C)CC3)C2=O)C(c2ccccc2)C1. The van der Waals surface area contributed by atoms with Crippen molar-refractivity contribution in [3.8, 4) is 0 Å². The first kappa shape index (κ1) is 22.8. The number of likely N-dealkylation sites (N-methyl/N-ethyl adjacent to an activating group) is 1. The first-order valence-corrected chi connectivity index (χ1v) is 11.8. The van der Waals surface area contributed by atoms with Crippen LogP contribution in [-0.2, 0) is 9.59 Å². The van der Waals surface area contributed by atoms with E-state index in [2.05, 4.69) is 31.0 Å². The fraction of sp³-hybridized carbons (Fsp3) is 0.640. The van der Waals surface area contributed by atoms with E-state index in [0.717, 1.165) is 36.4 Å². The number of nitrogens with one attached hydrogen (secondary N) is 1. The first-order chi connectivity index (χ1) is 15.1. The van der Waals surface area contributed by atoms with E-state index in [1.165, 1.54) is 0 Å². The number of carbonyl (C=O) groups is 3. The summed E-state index contributed by atoms with van der Waals surface area (Å²) < 4.78 is 0. The van der Waals surface area contributed by atoms with E-state index in [9.17, 15) is 14.4 Å². The number of imide groups is 1. The van der Waals surface area contributed by atoms with Crippen molar-refractivity contribution in [1.82, 2.24) is 20.0 Å². The summed E-state index contributed by atoms with van der Waals surface area (Å²) in [5.74, 6) is 0.134. The molecule has 0 radical (unpaired) electrons. The van der Waals surface area contributed by atoms with Crippen LogP contribution >= 0.6 is 0 Å². The van der Waals surface area contributed by atoms with E-state index in [4.69, 9.17) is 0 Å². The minimum absolute atomic E-state index is 0.0839. The third-order valence-electron chi connectivity index (χ3n) is 7.69. The van der Waals surface area contributed by atoms with Crippen molar-refractivity contribution in [2.75, 3.05) is 33.2 Å². The zero-order chi connectivity index (χ0) is 23.1. The molecule has 1 unspecified atom stereocenters. The van der Waals surface area contributed by atoms with Gasteiger partial charge in [-0.05, 0) is 49.6 Å². The minimum Gasteiger partial charge on any atom is -0.332 e. The molecule has 0 aromatic heterocycles. The fourth-order valence-electron chi connectivity index (χ4n) is 5.54. The van der Waals surface area contributed by atoms with Gasteiger partial charge in [-0.2, -0.15) is 0 Å². The van der Waals surface area contributed by atoms with Crippen LogP contribution in [-0.4, -0.2) is 71.3 Å². The molecular weight excluding hydrogens is 404 g/mol. The maximum absolute atomic E-state index is 13.3. The van der Waals surface area contributed by atoms with Crippen molar-refractivity contribution in [3.05, 3.63) is 35.9 Å². The summed E-state index contributed by atoms with van der Waals surface area (Å²) in [5, 5.41) is 2.96. The van der Waals surface area contributed by atoms with Gasteiger partial charge in [0.1, 0.15) is 12.1 Å². The van der Waals surface area contributed by atoms with Crippen LogP contribution in [0.3, 0.4) is 0 Å². The van der Waals surface area contributed by atoms with Gasteiger partial charge in [-0.3, -0.25) is 14.5 Å². The van der Waals surface area contributed by atoms with Crippen molar-refractivity contribution in [2.45, 2.75) is 58.0 Å². The van der Waals surface area contributed by atoms with Crippen LogP contribution < -0.4 is 5.32 Å². The van der Waals surface area contributed by atoms with Crippen molar-refractivity contribution < 1.29 is 14.4 Å². The molecule has 1 saturated carbocycles. The number of hydrogen-bond acceptors (Lipinski definition) is 4. The Bertz CT molecular complexity index is 871. The second-order valence-electron chi connectivity index (χ2n) is 10.8. The Hall–Kier alpha value is -2.41. The molecule has 1 atom stereocenters. The highest BCUT2D eigenvalue weighted by Gasteiger charge is 2.54. The fourth-order valence-corrected chi connectivity index (χ4v) is 5.54. The Morgan fingerprint density at radius 3 is 2.38 bits per heavy atom. The van der Waals surface area contributed by atoms with E-state index in [1.807, 2.05) is 42.3 Å². The monoisotopic (exact) mass is 440 g/mol. The molecule has 1 aliphatic carbocycles. The van der Waals surface area contributed by atoms with Crippen molar-refractivity contribution >= 4 is 17.8 Å². The number of rotatable bonds is 3. The number of urea groups is 1. The van der Waals surface area contributed by atoms with E-state index >= 15 is 0 Å². The highest BCUT2D eigenvalue weighted by atomic mass is 16.2. The Labute approximate surface area is 191 Å². The van der Waals surface area contributed by atoms with Gasteiger partial charge in [0.15, 0.2) is 0 Å². The molecule has 2 saturated heterocycles. The second-order valence-corrected chi connectivity index (χ2v) is 10.8. The van der Waals surface area contributed by atoms with Gasteiger partial charge in [-0.1, -0.05) is 51.1 Å². The second kappa shape index (κ2) is 8.50. The molecule has 174 valence electrons. The maximum Gasteiger partial charge on any atom is 0.325 e. The average Bonchev–Trinajstić information content (AvgIpc) is 2.97.